The minimum Gasteiger partial charge on any atom is -0.465 e. The number of nitrogens with one attached hydrogen (secondary N) is 1. The van der Waals surface area contributed by atoms with Crippen LogP contribution in [0.15, 0.2) is 18.2 Å². The normalized spacial score (nSPS) is 17.1. The number of esters is 1. The molecular weight excluding hydrogens is 250 g/mol. The lowest BCUT2D eigenvalue weighted by molar-refractivity contribution is 0.0601. The van der Waals surface area contributed by atoms with E-state index in [-0.39, 0.29) is 5.97 Å². The van der Waals surface area contributed by atoms with Gasteiger partial charge in [0.25, 0.3) is 0 Å². The standard InChI is InChI=1S/C17H25NO2/c1-13-10-11-16(15(12-13)17(19)20-2)18-14-8-6-4-3-5-7-9-14/h10-12,14,18H,3-9H2,1-2H3. The van der Waals surface area contributed by atoms with Crippen LogP contribution in [0, 0.1) is 6.92 Å². The number of carbonyl (C=O) groups is 1. The van der Waals surface area contributed by atoms with Crippen LogP contribution in [-0.4, -0.2) is 19.1 Å². The first-order valence-electron chi connectivity index (χ1n) is 7.66. The molecule has 2 rings (SSSR count). The van der Waals surface area contributed by atoms with Crippen LogP contribution in [0.4, 0.5) is 5.69 Å². The fourth-order valence-corrected chi connectivity index (χ4v) is 2.88. The Morgan fingerprint density at radius 1 is 1.15 bits per heavy atom. The number of rotatable bonds is 3. The molecule has 0 atom stereocenters. The minimum absolute atomic E-state index is 0.262. The summed E-state index contributed by atoms with van der Waals surface area (Å²) in [5, 5.41) is 3.56. The lowest BCUT2D eigenvalue weighted by atomic mass is 9.96. The first-order chi connectivity index (χ1) is 9.70. The first kappa shape index (κ1) is 14.9. The van der Waals surface area contributed by atoms with Gasteiger partial charge in [0.1, 0.15) is 0 Å². The highest BCUT2D eigenvalue weighted by molar-refractivity contribution is 5.95. The van der Waals surface area contributed by atoms with E-state index in [1.807, 2.05) is 25.1 Å². The molecule has 110 valence electrons. The molecular formula is C17H25NO2. The molecule has 1 N–H and O–H groups in total. The van der Waals surface area contributed by atoms with E-state index < -0.39 is 0 Å². The van der Waals surface area contributed by atoms with Crippen molar-refractivity contribution in [2.45, 2.75) is 57.9 Å². The van der Waals surface area contributed by atoms with Gasteiger partial charge >= 0.3 is 5.97 Å². The Morgan fingerprint density at radius 3 is 2.45 bits per heavy atom. The Kier molecular flexibility index (Phi) is 5.45. The highest BCUT2D eigenvalue weighted by Gasteiger charge is 2.16. The second-order valence-corrected chi connectivity index (χ2v) is 5.73. The molecule has 1 aromatic carbocycles. The number of hydrogen-bond acceptors (Lipinski definition) is 3. The lowest BCUT2D eigenvalue weighted by Crippen LogP contribution is -2.22. The summed E-state index contributed by atoms with van der Waals surface area (Å²) in [6, 6.07) is 6.41. The third-order valence-electron chi connectivity index (χ3n) is 4.05. The highest BCUT2D eigenvalue weighted by atomic mass is 16.5. The van der Waals surface area contributed by atoms with Crippen molar-refractivity contribution in [1.29, 1.82) is 0 Å². The van der Waals surface area contributed by atoms with E-state index in [1.165, 1.54) is 52.1 Å². The van der Waals surface area contributed by atoms with Gasteiger partial charge in [0.05, 0.1) is 12.7 Å². The Hall–Kier alpha value is -1.51. The molecule has 0 heterocycles. The number of carbonyl (C=O) groups excluding carboxylic acids is 1. The Morgan fingerprint density at radius 2 is 1.80 bits per heavy atom. The van der Waals surface area contributed by atoms with Crippen molar-refractivity contribution in [2.24, 2.45) is 0 Å². The number of aryl methyl sites for hydroxylation is 1. The van der Waals surface area contributed by atoms with Crippen molar-refractivity contribution in [3.63, 3.8) is 0 Å². The molecule has 3 heteroatoms. The third kappa shape index (κ3) is 3.99. The average molecular weight is 275 g/mol. The molecule has 0 bridgehead atoms. The van der Waals surface area contributed by atoms with Gasteiger partial charge in [-0.3, -0.25) is 0 Å². The number of methoxy groups -OCH3 is 1. The number of hydrogen-bond donors (Lipinski definition) is 1. The fraction of sp³-hybridized carbons (Fsp3) is 0.588. The molecule has 3 nitrogen and oxygen atoms in total. The zero-order valence-electron chi connectivity index (χ0n) is 12.6. The highest BCUT2D eigenvalue weighted by Crippen LogP contribution is 2.24. The predicted octanol–water partition coefficient (Wildman–Crippen LogP) is 4.31. The molecule has 20 heavy (non-hydrogen) atoms. The van der Waals surface area contributed by atoms with Crippen molar-refractivity contribution in [1.82, 2.24) is 0 Å². The van der Waals surface area contributed by atoms with Gasteiger partial charge in [-0.1, -0.05) is 43.7 Å². The van der Waals surface area contributed by atoms with Crippen LogP contribution in [0.3, 0.4) is 0 Å². The summed E-state index contributed by atoms with van der Waals surface area (Å²) >= 11 is 0. The topological polar surface area (TPSA) is 38.3 Å². The van der Waals surface area contributed by atoms with E-state index in [1.54, 1.807) is 0 Å². The second kappa shape index (κ2) is 7.32. The Bertz CT molecular complexity index is 448. The van der Waals surface area contributed by atoms with E-state index in [0.29, 0.717) is 11.6 Å². The summed E-state index contributed by atoms with van der Waals surface area (Å²) in [6.07, 6.45) is 8.95. The van der Waals surface area contributed by atoms with Gasteiger partial charge in [-0.05, 0) is 31.9 Å². The van der Waals surface area contributed by atoms with E-state index in [0.717, 1.165) is 11.3 Å². The maximum atomic E-state index is 11.9. The van der Waals surface area contributed by atoms with Gasteiger partial charge in [-0.15, -0.1) is 0 Å². The largest absolute Gasteiger partial charge is 0.465 e. The zero-order valence-corrected chi connectivity index (χ0v) is 12.6. The van der Waals surface area contributed by atoms with Gasteiger partial charge in [0, 0.05) is 11.7 Å². The maximum Gasteiger partial charge on any atom is 0.339 e. The van der Waals surface area contributed by atoms with E-state index in [2.05, 4.69) is 5.32 Å². The van der Waals surface area contributed by atoms with Crippen LogP contribution in [0.25, 0.3) is 0 Å². The van der Waals surface area contributed by atoms with Gasteiger partial charge < -0.3 is 10.1 Å². The monoisotopic (exact) mass is 275 g/mol. The molecule has 0 amide bonds. The zero-order chi connectivity index (χ0) is 14.4. The molecule has 0 saturated heterocycles. The van der Waals surface area contributed by atoms with Crippen molar-refractivity contribution in [2.75, 3.05) is 12.4 Å². The summed E-state index contributed by atoms with van der Waals surface area (Å²) in [5.74, 6) is -0.262. The predicted molar refractivity (Wildman–Crippen MR) is 82.2 cm³/mol. The fourth-order valence-electron chi connectivity index (χ4n) is 2.88. The molecule has 0 radical (unpaired) electrons. The lowest BCUT2D eigenvalue weighted by Gasteiger charge is -2.23. The van der Waals surface area contributed by atoms with Crippen LogP contribution < -0.4 is 5.32 Å². The molecule has 1 fully saturated rings. The first-order valence-corrected chi connectivity index (χ1v) is 7.66. The Balaban J connectivity index is 2.12. The molecule has 0 spiro atoms. The van der Waals surface area contributed by atoms with Crippen molar-refractivity contribution in [3.05, 3.63) is 29.3 Å². The Labute approximate surface area is 121 Å². The van der Waals surface area contributed by atoms with E-state index in [9.17, 15) is 4.79 Å². The van der Waals surface area contributed by atoms with Gasteiger partial charge in [-0.2, -0.15) is 0 Å². The molecule has 1 aliphatic rings. The summed E-state index contributed by atoms with van der Waals surface area (Å²) in [6.45, 7) is 1.99. The van der Waals surface area contributed by atoms with Crippen LogP contribution in [0.1, 0.15) is 60.9 Å². The second-order valence-electron chi connectivity index (χ2n) is 5.73. The molecule has 1 saturated carbocycles. The van der Waals surface area contributed by atoms with Crippen molar-refractivity contribution < 1.29 is 9.53 Å². The van der Waals surface area contributed by atoms with Crippen molar-refractivity contribution in [3.8, 4) is 0 Å². The number of anilines is 1. The van der Waals surface area contributed by atoms with Gasteiger partial charge in [0.15, 0.2) is 0 Å². The molecule has 0 unspecified atom stereocenters. The number of benzene rings is 1. The number of ether oxygens (including phenoxy) is 1. The third-order valence-corrected chi connectivity index (χ3v) is 4.05. The van der Waals surface area contributed by atoms with E-state index >= 15 is 0 Å². The summed E-state index contributed by atoms with van der Waals surface area (Å²) in [5.41, 5.74) is 2.64. The minimum atomic E-state index is -0.262. The SMILES string of the molecule is COC(=O)c1cc(C)ccc1NC1CCCCCCC1. The summed E-state index contributed by atoms with van der Waals surface area (Å²) in [4.78, 5) is 11.9. The quantitative estimate of drug-likeness (QED) is 0.835. The smallest absolute Gasteiger partial charge is 0.339 e. The van der Waals surface area contributed by atoms with Gasteiger partial charge in [0.2, 0.25) is 0 Å². The van der Waals surface area contributed by atoms with Crippen LogP contribution in [0.5, 0.6) is 0 Å². The van der Waals surface area contributed by atoms with Crippen LogP contribution in [0.2, 0.25) is 0 Å². The van der Waals surface area contributed by atoms with Crippen LogP contribution in [-0.2, 0) is 4.74 Å². The van der Waals surface area contributed by atoms with Crippen LogP contribution >= 0.6 is 0 Å². The molecule has 0 aliphatic heterocycles. The maximum absolute atomic E-state index is 11.9. The van der Waals surface area contributed by atoms with Crippen molar-refractivity contribution >= 4 is 11.7 Å². The molecule has 0 aromatic heterocycles. The van der Waals surface area contributed by atoms with E-state index in [4.69, 9.17) is 4.74 Å². The molecule has 1 aliphatic carbocycles. The summed E-state index contributed by atoms with van der Waals surface area (Å²) in [7, 11) is 1.43. The van der Waals surface area contributed by atoms with Gasteiger partial charge in [-0.25, -0.2) is 4.79 Å². The molecule has 1 aromatic rings. The summed E-state index contributed by atoms with van der Waals surface area (Å²) < 4.78 is 4.89. The average Bonchev–Trinajstić information content (AvgIpc) is 2.42.